The van der Waals surface area contributed by atoms with Crippen LogP contribution in [-0.4, -0.2) is 51.1 Å². The van der Waals surface area contributed by atoms with Crippen molar-refractivity contribution in [3.05, 3.63) is 29.8 Å². The molecule has 34 heavy (non-hydrogen) atoms. The molecule has 1 aliphatic carbocycles. The van der Waals surface area contributed by atoms with Gasteiger partial charge in [-0.3, -0.25) is 4.79 Å². The molecule has 2 aliphatic rings. The van der Waals surface area contributed by atoms with Crippen LogP contribution in [0.4, 0.5) is 0 Å². The molecule has 2 unspecified atom stereocenters. The van der Waals surface area contributed by atoms with Crippen molar-refractivity contribution in [2.24, 2.45) is 5.92 Å². The lowest BCUT2D eigenvalue weighted by atomic mass is 9.81. The monoisotopic (exact) mass is 489 g/mol. The maximum Gasteiger partial charge on any atom is 0.255 e. The third-order valence-corrected chi connectivity index (χ3v) is 13.0. The summed E-state index contributed by atoms with van der Waals surface area (Å²) >= 11 is 0. The molecule has 1 heterocycles. The first-order chi connectivity index (χ1) is 16.0. The molecule has 0 bridgehead atoms. The number of rotatable bonds is 9. The van der Waals surface area contributed by atoms with E-state index in [1.807, 2.05) is 19.1 Å². The van der Waals surface area contributed by atoms with E-state index in [1.54, 1.807) is 7.11 Å². The maximum atomic E-state index is 13.9. The largest absolute Gasteiger partial charge is 0.497 e. The number of carbonyl (C=O) groups is 1. The summed E-state index contributed by atoms with van der Waals surface area (Å²) in [6.45, 7) is 15.3. The Hall–Kier alpha value is -1.37. The third-order valence-electron chi connectivity index (χ3n) is 8.46. The third kappa shape index (κ3) is 6.44. The van der Waals surface area contributed by atoms with Gasteiger partial charge in [0.05, 0.1) is 19.8 Å². The summed E-state index contributed by atoms with van der Waals surface area (Å²) in [6.07, 6.45) is 7.73. The van der Waals surface area contributed by atoms with Gasteiger partial charge in [-0.05, 0) is 74.4 Å². The van der Waals surface area contributed by atoms with Crippen molar-refractivity contribution < 1.29 is 18.7 Å². The van der Waals surface area contributed by atoms with E-state index in [4.69, 9.17) is 13.9 Å². The van der Waals surface area contributed by atoms with Crippen LogP contribution in [-0.2, 0) is 20.5 Å². The highest BCUT2D eigenvalue weighted by molar-refractivity contribution is 6.74. The van der Waals surface area contributed by atoms with Crippen LogP contribution < -0.4 is 4.74 Å². The van der Waals surface area contributed by atoms with Gasteiger partial charge in [-0.25, -0.2) is 0 Å². The predicted octanol–water partition coefficient (Wildman–Crippen LogP) is 6.56. The standard InChI is InChI=1S/C28H47NO4Si/c1-27(2,3)34(6,7)33-19-11-18-28(4)26(30)29(20-22-14-16-24(31-5)17-15-22)25(21-32-28)23-12-9-8-10-13-23/h14-17,23,25H,8-13,18-21H2,1-7H3. The Bertz CT molecular complexity index is 798. The van der Waals surface area contributed by atoms with Gasteiger partial charge in [0, 0.05) is 13.2 Å². The van der Waals surface area contributed by atoms with Gasteiger partial charge in [0.1, 0.15) is 11.4 Å². The average molecular weight is 490 g/mol. The van der Waals surface area contributed by atoms with E-state index < -0.39 is 13.9 Å². The van der Waals surface area contributed by atoms with Crippen molar-refractivity contribution >= 4 is 14.2 Å². The molecule has 0 spiro atoms. The van der Waals surface area contributed by atoms with Crippen LogP contribution in [0, 0.1) is 5.92 Å². The van der Waals surface area contributed by atoms with Crippen molar-refractivity contribution in [2.75, 3.05) is 20.3 Å². The van der Waals surface area contributed by atoms with E-state index in [0.717, 1.165) is 17.7 Å². The first kappa shape index (κ1) is 27.2. The Morgan fingerprint density at radius 1 is 1.12 bits per heavy atom. The summed E-state index contributed by atoms with van der Waals surface area (Å²) in [7, 11) is -0.105. The fourth-order valence-electron chi connectivity index (χ4n) is 5.03. The van der Waals surface area contributed by atoms with Crippen LogP contribution in [0.5, 0.6) is 5.75 Å². The smallest absolute Gasteiger partial charge is 0.255 e. The number of methoxy groups -OCH3 is 1. The second-order valence-electron chi connectivity index (χ2n) is 12.0. The number of hydrogen-bond acceptors (Lipinski definition) is 4. The van der Waals surface area contributed by atoms with Crippen LogP contribution in [0.1, 0.15) is 78.2 Å². The van der Waals surface area contributed by atoms with Crippen molar-refractivity contribution in [3.63, 3.8) is 0 Å². The van der Waals surface area contributed by atoms with Gasteiger partial charge >= 0.3 is 0 Å². The minimum absolute atomic E-state index is 0.137. The molecule has 1 aromatic rings. The highest BCUT2D eigenvalue weighted by Crippen LogP contribution is 2.38. The Morgan fingerprint density at radius 2 is 1.76 bits per heavy atom. The Kier molecular flexibility index (Phi) is 8.91. The van der Waals surface area contributed by atoms with Gasteiger partial charge in [-0.15, -0.1) is 0 Å². The predicted molar refractivity (Wildman–Crippen MR) is 141 cm³/mol. The van der Waals surface area contributed by atoms with Gasteiger partial charge in [-0.1, -0.05) is 52.2 Å². The highest BCUT2D eigenvalue weighted by Gasteiger charge is 2.47. The lowest BCUT2D eigenvalue weighted by molar-refractivity contribution is -0.184. The van der Waals surface area contributed by atoms with Gasteiger partial charge < -0.3 is 18.8 Å². The molecule has 6 heteroatoms. The molecule has 192 valence electrons. The summed E-state index contributed by atoms with van der Waals surface area (Å²) in [5, 5.41) is 0.191. The van der Waals surface area contributed by atoms with E-state index in [2.05, 4.69) is 50.9 Å². The SMILES string of the molecule is COc1ccc(CN2C(=O)C(C)(CCCO[Si](C)(C)C(C)(C)C)OCC2C2CCCCC2)cc1. The van der Waals surface area contributed by atoms with E-state index >= 15 is 0 Å². The molecular weight excluding hydrogens is 442 g/mol. The molecule has 1 saturated carbocycles. The topological polar surface area (TPSA) is 48.0 Å². The molecule has 0 aromatic heterocycles. The van der Waals surface area contributed by atoms with Crippen molar-refractivity contribution in [2.45, 2.75) is 109 Å². The number of morpholine rings is 1. The molecule has 5 nitrogen and oxygen atoms in total. The lowest BCUT2D eigenvalue weighted by Gasteiger charge is -2.48. The Labute approximate surface area is 208 Å². The fourth-order valence-corrected chi connectivity index (χ4v) is 6.12. The highest BCUT2D eigenvalue weighted by atomic mass is 28.4. The molecule has 1 aliphatic heterocycles. The molecule has 2 fully saturated rings. The normalized spacial score (nSPS) is 25.0. The molecule has 1 aromatic carbocycles. The number of carbonyl (C=O) groups excluding carboxylic acids is 1. The summed E-state index contributed by atoms with van der Waals surface area (Å²) in [5.41, 5.74) is 0.356. The molecule has 0 N–H and O–H groups in total. The number of hydrogen-bond donors (Lipinski definition) is 0. The van der Waals surface area contributed by atoms with E-state index in [9.17, 15) is 4.79 Å². The van der Waals surface area contributed by atoms with E-state index in [-0.39, 0.29) is 17.0 Å². The van der Waals surface area contributed by atoms with Crippen LogP contribution >= 0.6 is 0 Å². The van der Waals surface area contributed by atoms with Gasteiger partial charge in [0.25, 0.3) is 5.91 Å². The fraction of sp³-hybridized carbons (Fsp3) is 0.750. The maximum absolute atomic E-state index is 13.9. The number of ether oxygens (including phenoxy) is 2. The van der Waals surface area contributed by atoms with Crippen LogP contribution in [0.2, 0.25) is 18.1 Å². The zero-order chi connectivity index (χ0) is 25.0. The van der Waals surface area contributed by atoms with Crippen molar-refractivity contribution in [1.82, 2.24) is 4.90 Å². The molecule has 3 rings (SSSR count). The molecule has 1 saturated heterocycles. The summed E-state index contributed by atoms with van der Waals surface area (Å²) in [4.78, 5) is 16.1. The van der Waals surface area contributed by atoms with Gasteiger partial charge in [0.15, 0.2) is 8.32 Å². The van der Waals surface area contributed by atoms with E-state index in [1.165, 1.54) is 32.1 Å². The number of nitrogens with zero attached hydrogens (tertiary/aromatic N) is 1. The van der Waals surface area contributed by atoms with Crippen molar-refractivity contribution in [3.8, 4) is 5.75 Å². The minimum atomic E-state index is -1.79. The first-order valence-corrected chi connectivity index (χ1v) is 16.1. The average Bonchev–Trinajstić information content (AvgIpc) is 2.80. The molecule has 0 radical (unpaired) electrons. The van der Waals surface area contributed by atoms with E-state index in [0.29, 0.717) is 32.1 Å². The number of benzene rings is 1. The molecular formula is C28H47NO4Si. The molecule has 1 amide bonds. The quantitative estimate of drug-likeness (QED) is 0.291. The Morgan fingerprint density at radius 3 is 2.35 bits per heavy atom. The summed E-state index contributed by atoms with van der Waals surface area (Å²) < 4.78 is 18.1. The second kappa shape index (κ2) is 11.1. The van der Waals surface area contributed by atoms with Crippen LogP contribution in [0.25, 0.3) is 0 Å². The minimum Gasteiger partial charge on any atom is -0.497 e. The summed E-state index contributed by atoms with van der Waals surface area (Å²) in [5.74, 6) is 1.51. The zero-order valence-electron chi connectivity index (χ0n) is 22.6. The number of amides is 1. The molecule has 2 atom stereocenters. The van der Waals surface area contributed by atoms with Gasteiger partial charge in [0.2, 0.25) is 0 Å². The van der Waals surface area contributed by atoms with Gasteiger partial charge in [-0.2, -0.15) is 0 Å². The zero-order valence-corrected chi connectivity index (χ0v) is 23.6. The van der Waals surface area contributed by atoms with Crippen LogP contribution in [0.3, 0.4) is 0 Å². The van der Waals surface area contributed by atoms with Crippen molar-refractivity contribution in [1.29, 1.82) is 0 Å². The first-order valence-electron chi connectivity index (χ1n) is 13.2. The second-order valence-corrected chi connectivity index (χ2v) is 16.8. The summed E-state index contributed by atoms with van der Waals surface area (Å²) in [6, 6.07) is 8.26. The lowest BCUT2D eigenvalue weighted by Crippen LogP contribution is -2.61. The Balaban J connectivity index is 1.70. The van der Waals surface area contributed by atoms with Crippen LogP contribution in [0.15, 0.2) is 24.3 Å².